The van der Waals surface area contributed by atoms with Crippen LogP contribution in [0.2, 0.25) is 0 Å². The van der Waals surface area contributed by atoms with Crippen LogP contribution in [0, 0.1) is 0 Å². The molecule has 1 aliphatic rings. The molecule has 0 unspecified atom stereocenters. The van der Waals surface area contributed by atoms with E-state index in [1.165, 1.54) is 16.5 Å². The van der Waals surface area contributed by atoms with E-state index in [0.29, 0.717) is 19.6 Å². The van der Waals surface area contributed by atoms with E-state index in [1.54, 1.807) is 0 Å². The molecule has 1 amide bonds. The molecule has 0 bridgehead atoms. The fourth-order valence-electron chi connectivity index (χ4n) is 3.59. The van der Waals surface area contributed by atoms with Gasteiger partial charge in [0.1, 0.15) is 5.75 Å². The van der Waals surface area contributed by atoms with E-state index in [1.807, 2.05) is 30.3 Å². The van der Waals surface area contributed by atoms with Gasteiger partial charge in [-0.05, 0) is 36.6 Å². The standard InChI is InChI=1S/C22H24N2O2/c1-24-15-19(18-9-5-6-10-20(18)24)22(12-13-22)16-23-21(25)11-14-26-17-7-3-2-4-8-17/h2-10,15H,11-14,16H2,1H3,(H,23,25). The molecule has 0 atom stereocenters. The Morgan fingerprint density at radius 1 is 1.12 bits per heavy atom. The number of aryl methyl sites for hydroxylation is 1. The van der Waals surface area contributed by atoms with Gasteiger partial charge in [0.15, 0.2) is 0 Å². The van der Waals surface area contributed by atoms with E-state index in [4.69, 9.17) is 4.74 Å². The number of fused-ring (bicyclic) bond motifs is 1. The highest BCUT2D eigenvalue weighted by Crippen LogP contribution is 2.50. The van der Waals surface area contributed by atoms with Crippen molar-refractivity contribution >= 4 is 16.8 Å². The van der Waals surface area contributed by atoms with Crippen LogP contribution < -0.4 is 10.1 Å². The number of nitrogens with zero attached hydrogens (tertiary/aromatic N) is 1. The Morgan fingerprint density at radius 2 is 1.85 bits per heavy atom. The molecule has 4 rings (SSSR count). The summed E-state index contributed by atoms with van der Waals surface area (Å²) in [5.74, 6) is 0.849. The number of nitrogens with one attached hydrogen (secondary N) is 1. The van der Waals surface area contributed by atoms with Crippen LogP contribution >= 0.6 is 0 Å². The molecule has 1 aromatic heterocycles. The van der Waals surface area contributed by atoms with Gasteiger partial charge in [-0.25, -0.2) is 0 Å². The Kier molecular flexibility index (Phi) is 4.41. The molecule has 26 heavy (non-hydrogen) atoms. The summed E-state index contributed by atoms with van der Waals surface area (Å²) in [4.78, 5) is 12.2. The number of aromatic nitrogens is 1. The number of rotatable bonds is 7. The normalized spacial score (nSPS) is 15.0. The third kappa shape index (κ3) is 3.32. The minimum atomic E-state index is 0.0486. The summed E-state index contributed by atoms with van der Waals surface area (Å²) in [6, 6.07) is 18.1. The maximum atomic E-state index is 12.2. The number of benzene rings is 2. The van der Waals surface area contributed by atoms with Crippen molar-refractivity contribution in [2.45, 2.75) is 24.7 Å². The smallest absolute Gasteiger partial charge is 0.223 e. The Labute approximate surface area is 153 Å². The highest BCUT2D eigenvalue weighted by molar-refractivity contribution is 5.86. The molecule has 1 aliphatic carbocycles. The van der Waals surface area contributed by atoms with Gasteiger partial charge in [-0.15, -0.1) is 0 Å². The zero-order valence-corrected chi connectivity index (χ0v) is 15.1. The van der Waals surface area contributed by atoms with Crippen molar-refractivity contribution in [3.63, 3.8) is 0 Å². The van der Waals surface area contributed by atoms with Crippen molar-refractivity contribution in [3.8, 4) is 5.75 Å². The van der Waals surface area contributed by atoms with Crippen LogP contribution in [0.25, 0.3) is 10.9 Å². The van der Waals surface area contributed by atoms with Gasteiger partial charge in [0.05, 0.1) is 13.0 Å². The Balaban J connectivity index is 1.34. The Morgan fingerprint density at radius 3 is 2.62 bits per heavy atom. The molecule has 134 valence electrons. The largest absolute Gasteiger partial charge is 0.493 e. The molecule has 4 heteroatoms. The molecule has 2 aromatic carbocycles. The summed E-state index contributed by atoms with van der Waals surface area (Å²) in [6.07, 6.45) is 4.85. The molecule has 0 aliphatic heterocycles. The van der Waals surface area contributed by atoms with Gasteiger partial charge >= 0.3 is 0 Å². The number of carbonyl (C=O) groups is 1. The second-order valence-electron chi connectivity index (χ2n) is 7.14. The van der Waals surface area contributed by atoms with Gasteiger partial charge in [-0.1, -0.05) is 36.4 Å². The van der Waals surface area contributed by atoms with E-state index in [-0.39, 0.29) is 11.3 Å². The van der Waals surface area contributed by atoms with Crippen molar-refractivity contribution in [3.05, 3.63) is 66.4 Å². The number of hydrogen-bond donors (Lipinski definition) is 1. The molecule has 3 aromatic rings. The van der Waals surface area contributed by atoms with Crippen LogP contribution in [0.4, 0.5) is 0 Å². The monoisotopic (exact) mass is 348 g/mol. The molecule has 1 N–H and O–H groups in total. The second kappa shape index (κ2) is 6.87. The van der Waals surface area contributed by atoms with Crippen molar-refractivity contribution in [2.24, 2.45) is 7.05 Å². The molecule has 4 nitrogen and oxygen atoms in total. The summed E-state index contributed by atoms with van der Waals surface area (Å²) in [5.41, 5.74) is 2.70. The summed E-state index contributed by atoms with van der Waals surface area (Å²) in [6.45, 7) is 1.10. The van der Waals surface area contributed by atoms with Gasteiger partial charge in [0, 0.05) is 36.1 Å². The molecule has 0 radical (unpaired) electrons. The van der Waals surface area contributed by atoms with Gasteiger partial charge < -0.3 is 14.6 Å². The van der Waals surface area contributed by atoms with E-state index < -0.39 is 0 Å². The number of hydrogen-bond acceptors (Lipinski definition) is 2. The fourth-order valence-corrected chi connectivity index (χ4v) is 3.59. The zero-order valence-electron chi connectivity index (χ0n) is 15.1. The SMILES string of the molecule is Cn1cc(C2(CNC(=O)CCOc3ccccc3)CC2)c2ccccc21. The summed E-state index contributed by atoms with van der Waals surface area (Å²) < 4.78 is 7.79. The van der Waals surface area contributed by atoms with Gasteiger partial charge in [0.25, 0.3) is 0 Å². The molecule has 1 saturated carbocycles. The molecular weight excluding hydrogens is 324 g/mol. The first-order chi connectivity index (χ1) is 12.7. The lowest BCUT2D eigenvalue weighted by atomic mass is 9.95. The summed E-state index contributed by atoms with van der Waals surface area (Å²) >= 11 is 0. The first-order valence-corrected chi connectivity index (χ1v) is 9.17. The lowest BCUT2D eigenvalue weighted by molar-refractivity contribution is -0.121. The Hall–Kier alpha value is -2.75. The topological polar surface area (TPSA) is 43.3 Å². The highest BCUT2D eigenvalue weighted by Gasteiger charge is 2.46. The van der Waals surface area contributed by atoms with Gasteiger partial charge in [-0.2, -0.15) is 0 Å². The molecule has 1 fully saturated rings. The number of carbonyl (C=O) groups excluding carboxylic acids is 1. The minimum absolute atomic E-state index is 0.0486. The average Bonchev–Trinajstić information content (AvgIpc) is 3.39. The minimum Gasteiger partial charge on any atom is -0.493 e. The molecule has 1 heterocycles. The molecular formula is C22H24N2O2. The van der Waals surface area contributed by atoms with Crippen LogP contribution in [0.15, 0.2) is 60.8 Å². The second-order valence-corrected chi connectivity index (χ2v) is 7.14. The lowest BCUT2D eigenvalue weighted by Crippen LogP contribution is -2.32. The van der Waals surface area contributed by atoms with Crippen molar-refractivity contribution < 1.29 is 9.53 Å². The highest BCUT2D eigenvalue weighted by atomic mass is 16.5. The lowest BCUT2D eigenvalue weighted by Gasteiger charge is -2.16. The zero-order chi connectivity index (χ0) is 18.0. The van der Waals surface area contributed by atoms with E-state index in [9.17, 15) is 4.79 Å². The number of para-hydroxylation sites is 2. The quantitative estimate of drug-likeness (QED) is 0.706. The third-order valence-electron chi connectivity index (χ3n) is 5.29. The number of ether oxygens (including phenoxy) is 1. The predicted octanol–water partition coefficient (Wildman–Crippen LogP) is 3.80. The molecule has 0 spiro atoms. The first kappa shape index (κ1) is 16.7. The number of amides is 1. The maximum Gasteiger partial charge on any atom is 0.223 e. The van der Waals surface area contributed by atoms with Crippen LogP contribution in [0.5, 0.6) is 5.75 Å². The van der Waals surface area contributed by atoms with Crippen LogP contribution in [-0.4, -0.2) is 23.6 Å². The first-order valence-electron chi connectivity index (χ1n) is 9.17. The van der Waals surface area contributed by atoms with E-state index in [0.717, 1.165) is 18.6 Å². The van der Waals surface area contributed by atoms with Crippen LogP contribution in [-0.2, 0) is 17.3 Å². The van der Waals surface area contributed by atoms with E-state index in [2.05, 4.69) is 47.4 Å². The molecule has 0 saturated heterocycles. The van der Waals surface area contributed by atoms with Crippen molar-refractivity contribution in [1.82, 2.24) is 9.88 Å². The summed E-state index contributed by atoms with van der Waals surface area (Å²) in [7, 11) is 2.08. The van der Waals surface area contributed by atoms with Crippen LogP contribution in [0.3, 0.4) is 0 Å². The average molecular weight is 348 g/mol. The third-order valence-corrected chi connectivity index (χ3v) is 5.29. The summed E-state index contributed by atoms with van der Waals surface area (Å²) in [5, 5.41) is 4.42. The van der Waals surface area contributed by atoms with Crippen molar-refractivity contribution in [1.29, 1.82) is 0 Å². The fraction of sp³-hybridized carbons (Fsp3) is 0.318. The van der Waals surface area contributed by atoms with Crippen molar-refractivity contribution in [2.75, 3.05) is 13.2 Å². The van der Waals surface area contributed by atoms with E-state index >= 15 is 0 Å². The van der Waals surface area contributed by atoms with Gasteiger partial charge in [0.2, 0.25) is 5.91 Å². The van der Waals surface area contributed by atoms with Crippen LogP contribution in [0.1, 0.15) is 24.8 Å². The van der Waals surface area contributed by atoms with Gasteiger partial charge in [-0.3, -0.25) is 4.79 Å². The predicted molar refractivity (Wildman–Crippen MR) is 103 cm³/mol. The maximum absolute atomic E-state index is 12.2. The Bertz CT molecular complexity index is 910.